The van der Waals surface area contributed by atoms with Crippen molar-refractivity contribution in [3.8, 4) is 5.75 Å². The van der Waals surface area contributed by atoms with E-state index in [4.69, 9.17) is 20.8 Å². The van der Waals surface area contributed by atoms with Crippen LogP contribution < -0.4 is 10.4 Å². The highest BCUT2D eigenvalue weighted by molar-refractivity contribution is 6.30. The topological polar surface area (TPSA) is 56.5 Å². The molecule has 122 valence electrons. The van der Waals surface area contributed by atoms with Crippen LogP contribution in [-0.2, 0) is 0 Å². The zero-order valence-electron chi connectivity index (χ0n) is 12.9. The molecule has 0 spiro atoms. The third kappa shape index (κ3) is 2.88. The van der Waals surface area contributed by atoms with Gasteiger partial charge in [-0.15, -0.1) is 0 Å². The first-order valence-corrected chi connectivity index (χ1v) is 7.93. The van der Waals surface area contributed by atoms with Gasteiger partial charge in [0.1, 0.15) is 11.3 Å². The van der Waals surface area contributed by atoms with Gasteiger partial charge < -0.3 is 9.15 Å². The number of hydrogen-bond acceptors (Lipinski definition) is 4. The van der Waals surface area contributed by atoms with Gasteiger partial charge >= 0.3 is 11.6 Å². The summed E-state index contributed by atoms with van der Waals surface area (Å²) in [5, 5.41) is 2.63. The first-order valence-electron chi connectivity index (χ1n) is 7.55. The molecule has 25 heavy (non-hydrogen) atoms. The highest BCUT2D eigenvalue weighted by Gasteiger charge is 2.11. The van der Waals surface area contributed by atoms with Crippen molar-refractivity contribution in [3.63, 3.8) is 0 Å². The van der Waals surface area contributed by atoms with E-state index in [9.17, 15) is 9.59 Å². The summed E-state index contributed by atoms with van der Waals surface area (Å²) in [5.41, 5.74) is 0.318. The first-order chi connectivity index (χ1) is 12.1. The number of esters is 1. The van der Waals surface area contributed by atoms with Crippen LogP contribution in [0.5, 0.6) is 5.75 Å². The number of hydrogen-bond donors (Lipinski definition) is 0. The SMILES string of the molecule is O=C(Oc1ccc2c(c1)oc(=O)c1ccccc12)c1ccc(Cl)cc1. The summed E-state index contributed by atoms with van der Waals surface area (Å²) in [5.74, 6) is -0.218. The third-order valence-electron chi connectivity index (χ3n) is 3.88. The molecule has 0 unspecified atom stereocenters. The van der Waals surface area contributed by atoms with Crippen LogP contribution in [0.2, 0.25) is 5.02 Å². The van der Waals surface area contributed by atoms with Gasteiger partial charge in [-0.25, -0.2) is 9.59 Å². The van der Waals surface area contributed by atoms with Crippen molar-refractivity contribution >= 4 is 39.3 Å². The van der Waals surface area contributed by atoms with Crippen LogP contribution in [0.1, 0.15) is 10.4 Å². The summed E-state index contributed by atoms with van der Waals surface area (Å²) < 4.78 is 10.7. The molecule has 1 heterocycles. The Labute approximate surface area is 147 Å². The van der Waals surface area contributed by atoms with Crippen molar-refractivity contribution in [1.82, 2.24) is 0 Å². The molecular weight excluding hydrogens is 340 g/mol. The fourth-order valence-corrected chi connectivity index (χ4v) is 2.80. The first kappa shape index (κ1) is 15.4. The lowest BCUT2D eigenvalue weighted by atomic mass is 10.1. The van der Waals surface area contributed by atoms with Gasteiger partial charge in [0, 0.05) is 16.5 Å². The van der Waals surface area contributed by atoms with Crippen molar-refractivity contribution in [2.45, 2.75) is 0 Å². The number of carbonyl (C=O) groups is 1. The van der Waals surface area contributed by atoms with E-state index < -0.39 is 11.6 Å². The Balaban J connectivity index is 1.74. The minimum Gasteiger partial charge on any atom is -0.423 e. The molecule has 0 aliphatic heterocycles. The lowest BCUT2D eigenvalue weighted by Crippen LogP contribution is -2.08. The van der Waals surface area contributed by atoms with Gasteiger partial charge in [-0.05, 0) is 47.9 Å². The minimum absolute atomic E-state index is 0.297. The van der Waals surface area contributed by atoms with Crippen LogP contribution in [0.25, 0.3) is 21.7 Å². The maximum absolute atomic E-state index is 12.2. The van der Waals surface area contributed by atoms with Gasteiger partial charge in [0.2, 0.25) is 0 Å². The summed E-state index contributed by atoms with van der Waals surface area (Å²) in [4.78, 5) is 24.3. The highest BCUT2D eigenvalue weighted by atomic mass is 35.5. The van der Waals surface area contributed by atoms with E-state index in [0.29, 0.717) is 27.3 Å². The van der Waals surface area contributed by atoms with E-state index >= 15 is 0 Å². The highest BCUT2D eigenvalue weighted by Crippen LogP contribution is 2.26. The predicted molar refractivity (Wildman–Crippen MR) is 96.4 cm³/mol. The summed E-state index contributed by atoms with van der Waals surface area (Å²) in [6, 6.07) is 18.6. The Bertz CT molecular complexity index is 1160. The second-order valence-electron chi connectivity index (χ2n) is 5.49. The van der Waals surface area contributed by atoms with Crippen LogP contribution >= 0.6 is 11.6 Å². The molecule has 5 heteroatoms. The second kappa shape index (κ2) is 6.07. The normalized spacial score (nSPS) is 10.9. The van der Waals surface area contributed by atoms with Gasteiger partial charge in [0.05, 0.1) is 10.9 Å². The lowest BCUT2D eigenvalue weighted by molar-refractivity contribution is 0.0735. The van der Waals surface area contributed by atoms with E-state index in [1.54, 1.807) is 48.5 Å². The fraction of sp³-hybridized carbons (Fsp3) is 0. The molecule has 0 amide bonds. The summed E-state index contributed by atoms with van der Waals surface area (Å²) in [6.07, 6.45) is 0. The predicted octanol–water partition coefficient (Wildman–Crippen LogP) is 4.82. The van der Waals surface area contributed by atoms with E-state index in [1.165, 1.54) is 6.07 Å². The molecule has 0 N–H and O–H groups in total. The molecule has 0 saturated carbocycles. The molecule has 0 atom stereocenters. The van der Waals surface area contributed by atoms with Crippen molar-refractivity contribution in [3.05, 3.63) is 87.7 Å². The minimum atomic E-state index is -0.515. The largest absolute Gasteiger partial charge is 0.423 e. The van der Waals surface area contributed by atoms with Crippen molar-refractivity contribution in [2.24, 2.45) is 0 Å². The van der Waals surface area contributed by atoms with Crippen LogP contribution in [0.15, 0.2) is 75.9 Å². The number of carbonyl (C=O) groups excluding carboxylic acids is 1. The Morgan fingerprint density at radius 2 is 1.60 bits per heavy atom. The smallest absolute Gasteiger partial charge is 0.344 e. The molecule has 0 aliphatic rings. The number of benzene rings is 3. The third-order valence-corrected chi connectivity index (χ3v) is 4.14. The summed E-state index contributed by atoms with van der Waals surface area (Å²) >= 11 is 5.81. The molecule has 0 bridgehead atoms. The Hall–Kier alpha value is -3.11. The molecular formula is C20H11ClO4. The van der Waals surface area contributed by atoms with Crippen LogP contribution in [0.3, 0.4) is 0 Å². The number of fused-ring (bicyclic) bond motifs is 3. The lowest BCUT2D eigenvalue weighted by Gasteiger charge is -2.07. The molecule has 4 rings (SSSR count). The summed E-state index contributed by atoms with van der Waals surface area (Å²) in [7, 11) is 0. The Kier molecular flexibility index (Phi) is 3.75. The van der Waals surface area contributed by atoms with Gasteiger partial charge in [0.25, 0.3) is 0 Å². The summed E-state index contributed by atoms with van der Waals surface area (Å²) in [6.45, 7) is 0. The maximum Gasteiger partial charge on any atom is 0.344 e. The van der Waals surface area contributed by atoms with E-state index in [0.717, 1.165) is 10.8 Å². The van der Waals surface area contributed by atoms with E-state index in [-0.39, 0.29) is 0 Å². The molecule has 4 nitrogen and oxygen atoms in total. The average Bonchev–Trinajstić information content (AvgIpc) is 2.62. The van der Waals surface area contributed by atoms with Gasteiger partial charge in [-0.3, -0.25) is 0 Å². The fourth-order valence-electron chi connectivity index (χ4n) is 2.68. The van der Waals surface area contributed by atoms with Crippen molar-refractivity contribution < 1.29 is 13.9 Å². The van der Waals surface area contributed by atoms with Crippen LogP contribution in [0.4, 0.5) is 0 Å². The number of halogens is 1. The molecule has 0 aliphatic carbocycles. The van der Waals surface area contributed by atoms with Gasteiger partial charge in [-0.2, -0.15) is 0 Å². The molecule has 0 radical (unpaired) electrons. The Morgan fingerprint density at radius 3 is 2.36 bits per heavy atom. The van der Waals surface area contributed by atoms with Crippen molar-refractivity contribution in [2.75, 3.05) is 0 Å². The number of rotatable bonds is 2. The van der Waals surface area contributed by atoms with E-state index in [2.05, 4.69) is 0 Å². The van der Waals surface area contributed by atoms with Crippen LogP contribution in [-0.4, -0.2) is 5.97 Å². The Morgan fingerprint density at radius 1 is 0.880 bits per heavy atom. The molecule has 3 aromatic carbocycles. The quantitative estimate of drug-likeness (QED) is 0.225. The molecule has 0 fully saturated rings. The second-order valence-corrected chi connectivity index (χ2v) is 5.93. The molecule has 1 aromatic heterocycles. The zero-order chi connectivity index (χ0) is 17.4. The standard InChI is InChI=1S/C20H11ClO4/c21-13-7-5-12(6-8-13)19(22)24-14-9-10-16-15-3-1-2-4-17(15)20(23)25-18(16)11-14/h1-11H. The monoisotopic (exact) mass is 350 g/mol. The zero-order valence-corrected chi connectivity index (χ0v) is 13.6. The van der Waals surface area contributed by atoms with Gasteiger partial charge in [-0.1, -0.05) is 29.8 Å². The van der Waals surface area contributed by atoms with Crippen molar-refractivity contribution in [1.29, 1.82) is 0 Å². The van der Waals surface area contributed by atoms with Gasteiger partial charge in [0.15, 0.2) is 0 Å². The molecule has 4 aromatic rings. The molecule has 0 saturated heterocycles. The van der Waals surface area contributed by atoms with E-state index in [1.807, 2.05) is 12.1 Å². The average molecular weight is 351 g/mol. The number of ether oxygens (including phenoxy) is 1. The van der Waals surface area contributed by atoms with Crippen LogP contribution in [0, 0.1) is 0 Å². The maximum atomic E-state index is 12.2.